The topological polar surface area (TPSA) is 49.3 Å². The molecule has 4 heteroatoms. The molecule has 0 aromatic carbocycles. The highest BCUT2D eigenvalue weighted by Crippen LogP contribution is 2.18. The van der Waals surface area contributed by atoms with Crippen LogP contribution in [0.15, 0.2) is 0 Å². The third kappa shape index (κ3) is 3.37. The number of hydrogen-bond donors (Lipinski definition) is 2. The second-order valence-corrected chi connectivity index (χ2v) is 5.62. The highest BCUT2D eigenvalue weighted by molar-refractivity contribution is 7.84. The normalized spacial score (nSPS) is 33.2. The molecule has 0 aromatic rings. The second-order valence-electron chi connectivity index (χ2n) is 3.82. The maximum Gasteiger partial charge on any atom is 0.0693 e. The van der Waals surface area contributed by atoms with Crippen molar-refractivity contribution in [3.8, 4) is 0 Å². The monoisotopic (exact) mass is 205 g/mol. The van der Waals surface area contributed by atoms with Crippen LogP contribution in [0, 0.1) is 0 Å². The van der Waals surface area contributed by atoms with E-state index in [9.17, 15) is 9.32 Å². The van der Waals surface area contributed by atoms with Gasteiger partial charge >= 0.3 is 0 Å². The number of rotatable bonds is 4. The summed E-state index contributed by atoms with van der Waals surface area (Å²) in [5, 5.41) is 12.9. The van der Waals surface area contributed by atoms with E-state index in [-0.39, 0.29) is 17.4 Å². The first-order valence-corrected chi connectivity index (χ1v) is 6.47. The molecule has 0 amide bonds. The second kappa shape index (κ2) is 5.08. The van der Waals surface area contributed by atoms with E-state index in [1.807, 2.05) is 6.92 Å². The van der Waals surface area contributed by atoms with Crippen molar-refractivity contribution in [2.75, 3.05) is 12.8 Å². The molecule has 3 nitrogen and oxygen atoms in total. The molecule has 1 aliphatic rings. The van der Waals surface area contributed by atoms with Gasteiger partial charge in [-0.3, -0.25) is 4.21 Å². The van der Waals surface area contributed by atoms with E-state index in [0.717, 1.165) is 25.8 Å². The van der Waals surface area contributed by atoms with Gasteiger partial charge in [0.1, 0.15) is 0 Å². The zero-order chi connectivity index (χ0) is 9.84. The molecule has 0 radical (unpaired) electrons. The predicted octanol–water partition coefficient (Wildman–Crippen LogP) is 0.256. The van der Waals surface area contributed by atoms with E-state index in [1.54, 1.807) is 6.26 Å². The molecule has 1 saturated carbocycles. The smallest absolute Gasteiger partial charge is 0.0693 e. The molecule has 0 heterocycles. The SMILES string of the molecule is CC(CN[C@@H]1CCC[C@H]1O)S(C)=O. The lowest BCUT2D eigenvalue weighted by atomic mass is 10.2. The Morgan fingerprint density at radius 2 is 2.31 bits per heavy atom. The first kappa shape index (κ1) is 11.1. The summed E-state index contributed by atoms with van der Waals surface area (Å²) in [5.41, 5.74) is 0. The van der Waals surface area contributed by atoms with Crippen LogP contribution in [0.1, 0.15) is 26.2 Å². The minimum atomic E-state index is -0.766. The molecule has 78 valence electrons. The highest BCUT2D eigenvalue weighted by atomic mass is 32.2. The van der Waals surface area contributed by atoms with Gasteiger partial charge in [-0.1, -0.05) is 0 Å². The van der Waals surface area contributed by atoms with Crippen LogP contribution >= 0.6 is 0 Å². The molecule has 2 N–H and O–H groups in total. The lowest BCUT2D eigenvalue weighted by molar-refractivity contribution is 0.149. The van der Waals surface area contributed by atoms with Crippen molar-refractivity contribution in [3.05, 3.63) is 0 Å². The van der Waals surface area contributed by atoms with Gasteiger partial charge in [0.05, 0.1) is 6.10 Å². The number of hydrogen-bond acceptors (Lipinski definition) is 3. The first-order chi connectivity index (χ1) is 6.11. The summed E-state index contributed by atoms with van der Waals surface area (Å²) in [6, 6.07) is 0.228. The van der Waals surface area contributed by atoms with E-state index in [1.165, 1.54) is 0 Å². The molecule has 2 unspecified atom stereocenters. The zero-order valence-electron chi connectivity index (χ0n) is 8.32. The largest absolute Gasteiger partial charge is 0.392 e. The van der Waals surface area contributed by atoms with Crippen LogP contribution in [0.5, 0.6) is 0 Å². The Hall–Kier alpha value is 0.0700. The molecule has 0 aliphatic heterocycles. The minimum absolute atomic E-state index is 0.174. The lowest BCUT2D eigenvalue weighted by Crippen LogP contribution is -2.40. The Kier molecular flexibility index (Phi) is 4.35. The molecule has 0 aromatic heterocycles. The molecule has 0 saturated heterocycles. The first-order valence-electron chi connectivity index (χ1n) is 4.85. The van der Waals surface area contributed by atoms with Crippen LogP contribution in [0.2, 0.25) is 0 Å². The van der Waals surface area contributed by atoms with Crippen LogP contribution < -0.4 is 5.32 Å². The van der Waals surface area contributed by atoms with Crippen LogP contribution in [0.3, 0.4) is 0 Å². The van der Waals surface area contributed by atoms with Crippen molar-refractivity contribution >= 4 is 10.8 Å². The van der Waals surface area contributed by atoms with E-state index >= 15 is 0 Å². The van der Waals surface area contributed by atoms with Crippen molar-refractivity contribution in [2.24, 2.45) is 0 Å². The standard InChI is InChI=1S/C9H19NO2S/c1-7(13(2)12)6-10-8-4-3-5-9(8)11/h7-11H,3-6H2,1-2H3/t7?,8-,9-,13?/m1/s1. The summed E-state index contributed by atoms with van der Waals surface area (Å²) < 4.78 is 11.0. The van der Waals surface area contributed by atoms with Crippen LogP contribution in [0.25, 0.3) is 0 Å². The van der Waals surface area contributed by atoms with Crippen LogP contribution in [0.4, 0.5) is 0 Å². The molecule has 0 bridgehead atoms. The molecular weight excluding hydrogens is 186 g/mol. The van der Waals surface area contributed by atoms with E-state index in [2.05, 4.69) is 5.32 Å². The molecule has 1 fully saturated rings. The molecular formula is C9H19NO2S. The Balaban J connectivity index is 2.22. The fourth-order valence-corrected chi connectivity index (χ4v) is 1.94. The van der Waals surface area contributed by atoms with Crippen molar-refractivity contribution in [3.63, 3.8) is 0 Å². The quantitative estimate of drug-likeness (QED) is 0.692. The highest BCUT2D eigenvalue weighted by Gasteiger charge is 2.24. The third-order valence-electron chi connectivity index (χ3n) is 2.71. The van der Waals surface area contributed by atoms with Gasteiger partial charge in [-0.2, -0.15) is 0 Å². The minimum Gasteiger partial charge on any atom is -0.392 e. The Morgan fingerprint density at radius 3 is 2.77 bits per heavy atom. The predicted molar refractivity (Wildman–Crippen MR) is 55.2 cm³/mol. The summed E-state index contributed by atoms with van der Waals surface area (Å²) in [5.74, 6) is 0. The Morgan fingerprint density at radius 1 is 1.62 bits per heavy atom. The summed E-state index contributed by atoms with van der Waals surface area (Å²) in [6.07, 6.45) is 4.57. The zero-order valence-corrected chi connectivity index (χ0v) is 9.14. The summed E-state index contributed by atoms with van der Waals surface area (Å²) >= 11 is 0. The van der Waals surface area contributed by atoms with Crippen LogP contribution in [-0.2, 0) is 10.8 Å². The van der Waals surface area contributed by atoms with Crippen molar-refractivity contribution in [1.82, 2.24) is 5.32 Å². The molecule has 13 heavy (non-hydrogen) atoms. The van der Waals surface area contributed by atoms with Gasteiger partial charge in [-0.05, 0) is 26.2 Å². The fourth-order valence-electron chi connectivity index (χ4n) is 1.61. The van der Waals surface area contributed by atoms with E-state index in [0.29, 0.717) is 0 Å². The van der Waals surface area contributed by atoms with Gasteiger partial charge in [-0.15, -0.1) is 0 Å². The average molecular weight is 205 g/mol. The molecule has 4 atom stereocenters. The third-order valence-corrected chi connectivity index (χ3v) is 4.01. The Bertz CT molecular complexity index is 186. The number of aliphatic hydroxyl groups is 1. The van der Waals surface area contributed by atoms with Crippen molar-refractivity contribution in [1.29, 1.82) is 0 Å². The number of aliphatic hydroxyl groups excluding tert-OH is 1. The van der Waals surface area contributed by atoms with Gasteiger partial charge < -0.3 is 10.4 Å². The lowest BCUT2D eigenvalue weighted by Gasteiger charge is -2.18. The van der Waals surface area contributed by atoms with Gasteiger partial charge in [-0.25, -0.2) is 0 Å². The van der Waals surface area contributed by atoms with Gasteiger partial charge in [0, 0.05) is 34.9 Å². The summed E-state index contributed by atoms with van der Waals surface area (Å²) in [7, 11) is -0.766. The summed E-state index contributed by atoms with van der Waals surface area (Å²) in [6.45, 7) is 2.70. The van der Waals surface area contributed by atoms with Crippen molar-refractivity contribution in [2.45, 2.75) is 43.6 Å². The molecule has 0 spiro atoms. The van der Waals surface area contributed by atoms with Crippen LogP contribution in [-0.4, -0.2) is 39.5 Å². The fraction of sp³-hybridized carbons (Fsp3) is 1.00. The average Bonchev–Trinajstić information content (AvgIpc) is 2.47. The maximum atomic E-state index is 11.0. The molecule has 1 rings (SSSR count). The van der Waals surface area contributed by atoms with E-state index < -0.39 is 10.8 Å². The maximum absolute atomic E-state index is 11.0. The van der Waals surface area contributed by atoms with Crippen molar-refractivity contribution < 1.29 is 9.32 Å². The van der Waals surface area contributed by atoms with Gasteiger partial charge in [0.2, 0.25) is 0 Å². The number of nitrogens with one attached hydrogen (secondary N) is 1. The van der Waals surface area contributed by atoms with E-state index in [4.69, 9.17) is 0 Å². The van der Waals surface area contributed by atoms with Gasteiger partial charge in [0.15, 0.2) is 0 Å². The Labute approximate surface area is 82.4 Å². The molecule has 1 aliphatic carbocycles. The summed E-state index contributed by atoms with van der Waals surface area (Å²) in [4.78, 5) is 0. The van der Waals surface area contributed by atoms with Gasteiger partial charge in [0.25, 0.3) is 0 Å².